The summed E-state index contributed by atoms with van der Waals surface area (Å²) >= 11 is 0. The van der Waals surface area contributed by atoms with Crippen LogP contribution < -0.4 is 20.9 Å². The van der Waals surface area contributed by atoms with Gasteiger partial charge in [0, 0.05) is 23.8 Å². The molecule has 4 aromatic rings. The number of nitrogens with one attached hydrogen (secondary N) is 2. The third-order valence-electron chi connectivity index (χ3n) is 4.74. The van der Waals surface area contributed by atoms with Gasteiger partial charge in [0.2, 0.25) is 5.88 Å². The van der Waals surface area contributed by atoms with Crippen molar-refractivity contribution >= 4 is 34.0 Å². The fraction of sp³-hybridized carbons (Fsp3) is 0.125. The van der Waals surface area contributed by atoms with Crippen molar-refractivity contribution < 1.29 is 9.53 Å². The number of fused-ring (bicyclic) bond motifs is 1. The maximum Gasteiger partial charge on any atom is 0.300 e. The highest BCUT2D eigenvalue weighted by molar-refractivity contribution is 6.05. The van der Waals surface area contributed by atoms with Gasteiger partial charge < -0.3 is 19.9 Å². The lowest BCUT2D eigenvalue weighted by atomic mass is 10.1. The number of carbonyl (C=O) groups excluding carboxylic acids is 1. The largest absolute Gasteiger partial charge is 0.438 e. The highest BCUT2D eigenvalue weighted by Gasteiger charge is 2.09. The first-order valence-electron chi connectivity index (χ1n) is 9.99. The van der Waals surface area contributed by atoms with Crippen LogP contribution in [0, 0.1) is 18.8 Å². The Morgan fingerprint density at radius 1 is 1.06 bits per heavy atom. The lowest BCUT2D eigenvalue weighted by Gasteiger charge is -2.12. The van der Waals surface area contributed by atoms with E-state index in [1.165, 1.54) is 23.3 Å². The Bertz CT molecular complexity index is 1480. The summed E-state index contributed by atoms with van der Waals surface area (Å²) in [6, 6.07) is 12.2. The maximum absolute atomic E-state index is 11.8. The first-order chi connectivity index (χ1) is 15.9. The van der Waals surface area contributed by atoms with Crippen LogP contribution >= 0.6 is 0 Å². The molecule has 0 aliphatic carbocycles. The molecule has 0 fully saturated rings. The van der Waals surface area contributed by atoms with E-state index in [1.54, 1.807) is 38.2 Å². The molecule has 0 atom stereocenters. The number of hydrogen-bond acceptors (Lipinski definition) is 7. The quantitative estimate of drug-likeness (QED) is 0.457. The van der Waals surface area contributed by atoms with E-state index < -0.39 is 0 Å². The van der Waals surface area contributed by atoms with Crippen LogP contribution in [-0.2, 0) is 11.8 Å². The van der Waals surface area contributed by atoms with Crippen LogP contribution in [0.3, 0.4) is 0 Å². The standard InChI is InChI=1S/C24H20N6O3/c1-4-5-21(31)28-17-6-8-19-18(11-17)24(26-13-25-19)29-16-7-9-20(15(2)10-16)33-22-12-23(32)30(3)14-27-22/h6-14H,1-3H3,(H,28,31)(H,25,26,29). The molecule has 164 valence electrons. The van der Waals surface area contributed by atoms with E-state index in [9.17, 15) is 9.59 Å². The van der Waals surface area contributed by atoms with Crippen molar-refractivity contribution in [2.75, 3.05) is 10.6 Å². The van der Waals surface area contributed by atoms with Gasteiger partial charge in [-0.2, -0.15) is 0 Å². The van der Waals surface area contributed by atoms with E-state index in [-0.39, 0.29) is 17.3 Å². The summed E-state index contributed by atoms with van der Waals surface area (Å²) in [6.07, 6.45) is 2.88. The van der Waals surface area contributed by atoms with Crippen LogP contribution in [0.2, 0.25) is 0 Å². The number of aryl methyl sites for hydroxylation is 2. The van der Waals surface area contributed by atoms with Crippen LogP contribution in [0.25, 0.3) is 10.9 Å². The normalized spacial score (nSPS) is 10.3. The van der Waals surface area contributed by atoms with Crippen LogP contribution in [0.5, 0.6) is 11.6 Å². The van der Waals surface area contributed by atoms with Crippen molar-refractivity contribution in [2.45, 2.75) is 13.8 Å². The van der Waals surface area contributed by atoms with E-state index in [0.29, 0.717) is 17.3 Å². The zero-order valence-corrected chi connectivity index (χ0v) is 18.2. The Balaban J connectivity index is 1.59. The van der Waals surface area contributed by atoms with Gasteiger partial charge in [-0.15, -0.1) is 0 Å². The summed E-state index contributed by atoms with van der Waals surface area (Å²) in [5.74, 6) is 6.02. The van der Waals surface area contributed by atoms with Gasteiger partial charge in [-0.05, 0) is 61.7 Å². The Hall–Kier alpha value is -4.71. The molecule has 0 unspecified atom stereocenters. The van der Waals surface area contributed by atoms with Gasteiger partial charge in [-0.3, -0.25) is 9.59 Å². The third kappa shape index (κ3) is 4.97. The molecule has 0 bridgehead atoms. The van der Waals surface area contributed by atoms with Gasteiger partial charge in [0.25, 0.3) is 11.5 Å². The minimum absolute atomic E-state index is 0.205. The molecule has 2 aromatic carbocycles. The Labute approximate surface area is 189 Å². The number of ether oxygens (including phenoxy) is 1. The van der Waals surface area contributed by atoms with E-state index >= 15 is 0 Å². The second kappa shape index (κ2) is 9.20. The molecule has 9 nitrogen and oxygen atoms in total. The van der Waals surface area contributed by atoms with Crippen molar-refractivity contribution in [2.24, 2.45) is 7.05 Å². The average Bonchev–Trinajstić information content (AvgIpc) is 2.78. The number of benzene rings is 2. The third-order valence-corrected chi connectivity index (χ3v) is 4.74. The second-order valence-corrected chi connectivity index (χ2v) is 7.17. The van der Waals surface area contributed by atoms with E-state index in [0.717, 1.165) is 22.2 Å². The Morgan fingerprint density at radius 3 is 2.64 bits per heavy atom. The van der Waals surface area contributed by atoms with E-state index in [1.807, 2.05) is 19.1 Å². The van der Waals surface area contributed by atoms with E-state index in [2.05, 4.69) is 37.4 Å². The van der Waals surface area contributed by atoms with Gasteiger partial charge >= 0.3 is 0 Å². The van der Waals surface area contributed by atoms with Crippen LogP contribution in [0.15, 0.2) is 59.9 Å². The van der Waals surface area contributed by atoms with Crippen molar-refractivity contribution in [3.8, 4) is 23.5 Å². The Morgan fingerprint density at radius 2 is 1.88 bits per heavy atom. The molecule has 0 radical (unpaired) electrons. The molecule has 0 spiro atoms. The van der Waals surface area contributed by atoms with Crippen LogP contribution in [-0.4, -0.2) is 25.4 Å². The van der Waals surface area contributed by atoms with Gasteiger partial charge in [0.05, 0.1) is 11.6 Å². The van der Waals surface area contributed by atoms with Gasteiger partial charge in [0.1, 0.15) is 24.2 Å². The second-order valence-electron chi connectivity index (χ2n) is 7.17. The fourth-order valence-corrected chi connectivity index (χ4v) is 3.10. The smallest absolute Gasteiger partial charge is 0.300 e. The van der Waals surface area contributed by atoms with Crippen molar-refractivity contribution in [3.05, 3.63) is 71.0 Å². The molecular weight excluding hydrogens is 420 g/mol. The fourth-order valence-electron chi connectivity index (χ4n) is 3.10. The monoisotopic (exact) mass is 440 g/mol. The molecule has 2 heterocycles. The lowest BCUT2D eigenvalue weighted by molar-refractivity contribution is -0.111. The molecule has 0 aliphatic heterocycles. The highest BCUT2D eigenvalue weighted by Crippen LogP contribution is 2.29. The first-order valence-corrected chi connectivity index (χ1v) is 9.99. The number of rotatable bonds is 5. The van der Waals surface area contributed by atoms with Crippen molar-refractivity contribution in [1.29, 1.82) is 0 Å². The number of aromatic nitrogens is 4. The van der Waals surface area contributed by atoms with Crippen LogP contribution in [0.4, 0.5) is 17.2 Å². The molecule has 2 N–H and O–H groups in total. The first kappa shape index (κ1) is 21.5. The van der Waals surface area contributed by atoms with Crippen LogP contribution in [0.1, 0.15) is 12.5 Å². The summed E-state index contributed by atoms with van der Waals surface area (Å²) in [4.78, 5) is 36.3. The number of amides is 1. The highest BCUT2D eigenvalue weighted by atomic mass is 16.5. The zero-order valence-electron chi connectivity index (χ0n) is 18.2. The molecule has 0 saturated carbocycles. The minimum Gasteiger partial charge on any atom is -0.438 e. The van der Waals surface area contributed by atoms with Crippen molar-refractivity contribution in [1.82, 2.24) is 19.5 Å². The summed E-state index contributed by atoms with van der Waals surface area (Å²) in [6.45, 7) is 3.49. The molecule has 4 rings (SSSR count). The predicted octanol–water partition coefficient (Wildman–Crippen LogP) is 3.53. The maximum atomic E-state index is 11.8. The van der Waals surface area contributed by atoms with Gasteiger partial charge in [-0.25, -0.2) is 15.0 Å². The average molecular weight is 440 g/mol. The zero-order chi connectivity index (χ0) is 23.4. The lowest BCUT2D eigenvalue weighted by Crippen LogP contribution is -2.15. The molecule has 9 heteroatoms. The number of nitrogens with zero attached hydrogens (tertiary/aromatic N) is 4. The van der Waals surface area contributed by atoms with E-state index in [4.69, 9.17) is 4.74 Å². The topological polar surface area (TPSA) is 111 Å². The molecule has 0 saturated heterocycles. The number of hydrogen-bond donors (Lipinski definition) is 2. The Kier molecular flexibility index (Phi) is 6.00. The molecule has 1 amide bonds. The predicted molar refractivity (Wildman–Crippen MR) is 126 cm³/mol. The van der Waals surface area contributed by atoms with Crippen molar-refractivity contribution in [3.63, 3.8) is 0 Å². The molecule has 33 heavy (non-hydrogen) atoms. The summed E-state index contributed by atoms with van der Waals surface area (Å²) < 4.78 is 7.13. The van der Waals surface area contributed by atoms with Gasteiger partial charge in [-0.1, -0.05) is 5.92 Å². The summed E-state index contributed by atoms with van der Waals surface area (Å²) in [5, 5.41) is 6.75. The SMILES string of the molecule is CC#CC(=O)Nc1ccc2ncnc(Nc3ccc(Oc4cc(=O)n(C)cn4)c(C)c3)c2c1. The molecule has 2 aromatic heterocycles. The molecular formula is C24H20N6O3. The van der Waals surface area contributed by atoms with Gasteiger partial charge in [0.15, 0.2) is 0 Å². The minimum atomic E-state index is -0.389. The molecule has 0 aliphatic rings. The number of anilines is 3. The summed E-state index contributed by atoms with van der Waals surface area (Å²) in [5.41, 5.74) is 2.73. The number of carbonyl (C=O) groups is 1. The summed E-state index contributed by atoms with van der Waals surface area (Å²) in [7, 11) is 1.62.